The van der Waals surface area contributed by atoms with Crippen molar-refractivity contribution >= 4 is 22.7 Å². The smallest absolute Gasteiger partial charge is 0.341 e. The third-order valence-electron chi connectivity index (χ3n) is 4.79. The molecule has 2 aromatic rings. The van der Waals surface area contributed by atoms with Gasteiger partial charge in [-0.3, -0.25) is 0 Å². The fourth-order valence-corrected chi connectivity index (χ4v) is 3.93. The van der Waals surface area contributed by atoms with Crippen LogP contribution in [0, 0.1) is 17.2 Å². The molecule has 2 bridgehead atoms. The van der Waals surface area contributed by atoms with E-state index in [4.69, 9.17) is 16.3 Å². The lowest BCUT2D eigenvalue weighted by Crippen LogP contribution is -2.60. The Morgan fingerprint density at radius 2 is 1.67 bits per heavy atom. The van der Waals surface area contributed by atoms with Gasteiger partial charge in [0.1, 0.15) is 0 Å². The highest BCUT2D eigenvalue weighted by Crippen LogP contribution is 2.54. The SMILES string of the molecule is N#C[C@@H]1C[C@@]2(c3ccccc3)OC(=O)[C@]1(c1ccccc1)N=C2Cl. The van der Waals surface area contributed by atoms with Gasteiger partial charge >= 0.3 is 5.97 Å². The van der Waals surface area contributed by atoms with Crippen LogP contribution >= 0.6 is 11.6 Å². The van der Waals surface area contributed by atoms with Crippen molar-refractivity contribution in [2.24, 2.45) is 10.9 Å². The Bertz CT molecular complexity index is 875. The van der Waals surface area contributed by atoms with Crippen LogP contribution in [0.1, 0.15) is 17.5 Å². The van der Waals surface area contributed by atoms with Crippen LogP contribution in [-0.4, -0.2) is 11.1 Å². The fraction of sp³-hybridized carbons (Fsp3) is 0.211. The number of hydrogen-bond donors (Lipinski definition) is 0. The van der Waals surface area contributed by atoms with Crippen LogP contribution in [0.3, 0.4) is 0 Å². The third-order valence-corrected chi connectivity index (χ3v) is 5.18. The van der Waals surface area contributed by atoms with E-state index in [1.54, 1.807) is 12.1 Å². The Labute approximate surface area is 144 Å². The lowest BCUT2D eigenvalue weighted by molar-refractivity contribution is -0.177. The average Bonchev–Trinajstić information content (AvgIpc) is 2.64. The van der Waals surface area contributed by atoms with E-state index >= 15 is 0 Å². The van der Waals surface area contributed by atoms with Crippen LogP contribution in [0.5, 0.6) is 0 Å². The number of nitrogens with zero attached hydrogens (tertiary/aromatic N) is 2. The lowest BCUT2D eigenvalue weighted by Gasteiger charge is -2.50. The highest BCUT2D eigenvalue weighted by Gasteiger charge is 2.65. The summed E-state index contributed by atoms with van der Waals surface area (Å²) in [5, 5.41) is 9.95. The van der Waals surface area contributed by atoms with Crippen molar-refractivity contribution < 1.29 is 9.53 Å². The second kappa shape index (κ2) is 5.19. The van der Waals surface area contributed by atoms with Crippen molar-refractivity contribution in [1.29, 1.82) is 5.26 Å². The van der Waals surface area contributed by atoms with Gasteiger partial charge in [0.2, 0.25) is 0 Å². The minimum atomic E-state index is -1.39. The Morgan fingerprint density at radius 1 is 1.08 bits per heavy atom. The maximum atomic E-state index is 12.9. The first-order valence-corrected chi connectivity index (χ1v) is 8.01. The van der Waals surface area contributed by atoms with Crippen LogP contribution in [0.4, 0.5) is 0 Å². The monoisotopic (exact) mass is 336 g/mol. The predicted octanol–water partition coefficient (Wildman–Crippen LogP) is 3.51. The summed E-state index contributed by atoms with van der Waals surface area (Å²) >= 11 is 6.49. The van der Waals surface area contributed by atoms with Gasteiger partial charge in [-0.05, 0) is 5.56 Å². The van der Waals surface area contributed by atoms with Crippen LogP contribution < -0.4 is 0 Å². The zero-order valence-corrected chi connectivity index (χ0v) is 13.4. The topological polar surface area (TPSA) is 62.4 Å². The van der Waals surface area contributed by atoms with E-state index in [1.165, 1.54) is 0 Å². The van der Waals surface area contributed by atoms with Crippen molar-refractivity contribution in [3.8, 4) is 6.07 Å². The number of halogens is 1. The molecule has 3 heterocycles. The highest BCUT2D eigenvalue weighted by molar-refractivity contribution is 6.67. The third kappa shape index (κ3) is 1.79. The molecule has 2 aromatic carbocycles. The first-order chi connectivity index (χ1) is 11.6. The number of hydrogen-bond acceptors (Lipinski definition) is 4. The Kier molecular flexibility index (Phi) is 3.22. The number of rotatable bonds is 2. The number of nitriles is 1. The standard InChI is InChI=1S/C19H13ClN2O2/c20-16-18(13-7-3-1-4-8-13)11-15(12-21)19(22-16,17(23)24-18)14-9-5-2-6-10-14/h1-10,15H,11H2/t15-,18-,19+/m0/s1. The number of esters is 1. The molecule has 0 aromatic heterocycles. The van der Waals surface area contributed by atoms with Crippen molar-refractivity contribution in [1.82, 2.24) is 0 Å². The zero-order valence-electron chi connectivity index (χ0n) is 12.6. The van der Waals surface area contributed by atoms with Crippen LogP contribution in [0.15, 0.2) is 65.7 Å². The number of aliphatic imine (C=N–C) groups is 1. The fourth-order valence-electron chi connectivity index (χ4n) is 3.57. The molecule has 0 radical (unpaired) electrons. The number of fused-ring (bicyclic) bond motifs is 2. The first-order valence-electron chi connectivity index (χ1n) is 7.63. The molecular weight excluding hydrogens is 324 g/mol. The normalized spacial score (nSPS) is 31.1. The van der Waals surface area contributed by atoms with E-state index in [-0.39, 0.29) is 11.6 Å². The minimum absolute atomic E-state index is 0.212. The van der Waals surface area contributed by atoms with E-state index in [0.717, 1.165) is 5.56 Å². The summed E-state index contributed by atoms with van der Waals surface area (Å²) in [5.74, 6) is -1.18. The molecule has 24 heavy (non-hydrogen) atoms. The molecule has 3 aliphatic heterocycles. The molecule has 0 unspecified atom stereocenters. The van der Waals surface area contributed by atoms with E-state index < -0.39 is 23.0 Å². The number of benzene rings is 2. The molecule has 3 aliphatic rings. The second-order valence-corrected chi connectivity index (χ2v) is 6.36. The quantitative estimate of drug-likeness (QED) is 0.788. The van der Waals surface area contributed by atoms with Crippen molar-refractivity contribution in [3.63, 3.8) is 0 Å². The summed E-state index contributed by atoms with van der Waals surface area (Å²) in [7, 11) is 0. The summed E-state index contributed by atoms with van der Waals surface area (Å²) in [5.41, 5.74) is -1.20. The molecule has 0 saturated carbocycles. The van der Waals surface area contributed by atoms with E-state index in [2.05, 4.69) is 11.1 Å². The van der Waals surface area contributed by atoms with Gasteiger partial charge in [0.15, 0.2) is 16.3 Å². The second-order valence-electron chi connectivity index (χ2n) is 6.00. The maximum Gasteiger partial charge on any atom is 0.341 e. The molecule has 118 valence electrons. The number of ether oxygens (including phenoxy) is 1. The van der Waals surface area contributed by atoms with E-state index in [1.807, 2.05) is 48.5 Å². The molecule has 0 N–H and O–H groups in total. The molecule has 0 aliphatic carbocycles. The summed E-state index contributed by atoms with van der Waals surface area (Å²) in [6.07, 6.45) is 0.288. The van der Waals surface area contributed by atoms with Crippen molar-refractivity contribution in [2.75, 3.05) is 0 Å². The zero-order chi connectivity index (χ0) is 16.8. The molecule has 4 nitrogen and oxygen atoms in total. The summed E-state index contributed by atoms with van der Waals surface area (Å²) in [6.45, 7) is 0. The summed E-state index contributed by atoms with van der Waals surface area (Å²) < 4.78 is 5.81. The average molecular weight is 337 g/mol. The highest BCUT2D eigenvalue weighted by atomic mass is 35.5. The van der Waals surface area contributed by atoms with Gasteiger partial charge in [-0.15, -0.1) is 0 Å². The Hall–Kier alpha value is -2.64. The van der Waals surface area contributed by atoms with Crippen molar-refractivity contribution in [2.45, 2.75) is 17.6 Å². The van der Waals surface area contributed by atoms with Crippen LogP contribution in [-0.2, 0) is 20.7 Å². The van der Waals surface area contributed by atoms with E-state index in [0.29, 0.717) is 5.56 Å². The molecule has 0 spiro atoms. The van der Waals surface area contributed by atoms with Gasteiger partial charge < -0.3 is 4.74 Å². The molecule has 1 saturated heterocycles. The Balaban J connectivity index is 1.96. The molecule has 3 atom stereocenters. The first kappa shape index (κ1) is 14.9. The number of carbonyl (C=O) groups is 1. The van der Waals surface area contributed by atoms with Gasteiger partial charge in [0, 0.05) is 12.0 Å². The molecule has 5 heteroatoms. The molecule has 5 rings (SSSR count). The van der Waals surface area contributed by atoms with Gasteiger partial charge in [-0.2, -0.15) is 5.26 Å². The van der Waals surface area contributed by atoms with Crippen molar-refractivity contribution in [3.05, 3.63) is 71.8 Å². The predicted molar refractivity (Wildman–Crippen MR) is 89.3 cm³/mol. The molecule has 1 fully saturated rings. The maximum absolute atomic E-state index is 12.9. The largest absolute Gasteiger partial charge is 0.444 e. The van der Waals surface area contributed by atoms with E-state index in [9.17, 15) is 10.1 Å². The van der Waals surface area contributed by atoms with Crippen LogP contribution in [0.2, 0.25) is 0 Å². The number of carbonyl (C=O) groups excluding carboxylic acids is 1. The molecular formula is C19H13ClN2O2. The van der Waals surface area contributed by atoms with Gasteiger partial charge in [-0.25, -0.2) is 9.79 Å². The van der Waals surface area contributed by atoms with Gasteiger partial charge in [-0.1, -0.05) is 72.3 Å². The van der Waals surface area contributed by atoms with Gasteiger partial charge in [0.25, 0.3) is 0 Å². The lowest BCUT2D eigenvalue weighted by atomic mass is 9.67. The summed E-state index contributed by atoms with van der Waals surface area (Å²) in [6, 6.07) is 20.5. The van der Waals surface area contributed by atoms with Gasteiger partial charge in [0.05, 0.1) is 12.0 Å². The molecule has 0 amide bonds. The van der Waals surface area contributed by atoms with Crippen LogP contribution in [0.25, 0.3) is 0 Å². The minimum Gasteiger partial charge on any atom is -0.444 e. The summed E-state index contributed by atoms with van der Waals surface area (Å²) in [4.78, 5) is 17.5. The Morgan fingerprint density at radius 3 is 2.25 bits per heavy atom.